The monoisotopic (exact) mass is 462 g/mol. The average Bonchev–Trinajstić information content (AvgIpc) is 3.19. The molecule has 3 heterocycles. The number of rotatable bonds is 7. The number of pyridine rings is 1. The molecule has 7 nitrogen and oxygen atoms in total. The van der Waals surface area contributed by atoms with Crippen LogP contribution in [0.5, 0.6) is 0 Å². The molecule has 0 fully saturated rings. The Bertz CT molecular complexity index is 1130. The number of amides is 2. The van der Waals surface area contributed by atoms with E-state index in [1.807, 2.05) is 36.4 Å². The second-order valence-electron chi connectivity index (χ2n) is 7.66. The molecule has 0 unspecified atom stereocenters. The van der Waals surface area contributed by atoms with Gasteiger partial charge < -0.3 is 15.0 Å². The molecule has 0 saturated heterocycles. The molecule has 1 aliphatic heterocycles. The standard InChI is InChI=1S/C25H26N4O3S/c1-26-16-21-20-12-14-29(25(31)32-15-7-11-19-10-5-6-13-27-19)17-22(20)33-24(21)28-23(30)18-8-3-2-4-9-18/h2-6,8-10,13,16H,7,11-12,14-15,17H2,1H3,(H,28,30). The lowest BCUT2D eigenvalue weighted by Gasteiger charge is -2.26. The van der Waals surface area contributed by atoms with Crippen molar-refractivity contribution in [2.75, 3.05) is 25.5 Å². The summed E-state index contributed by atoms with van der Waals surface area (Å²) < 4.78 is 5.49. The van der Waals surface area contributed by atoms with E-state index in [1.165, 1.54) is 11.3 Å². The van der Waals surface area contributed by atoms with Gasteiger partial charge in [-0.2, -0.15) is 0 Å². The number of aryl methyl sites for hydroxylation is 1. The summed E-state index contributed by atoms with van der Waals surface area (Å²) in [5.41, 5.74) is 3.64. The number of carbonyl (C=O) groups excluding carboxylic acids is 2. The van der Waals surface area contributed by atoms with Gasteiger partial charge >= 0.3 is 6.09 Å². The zero-order chi connectivity index (χ0) is 23.0. The number of carbonyl (C=O) groups is 2. The third kappa shape index (κ3) is 5.64. The molecule has 1 aliphatic rings. The summed E-state index contributed by atoms with van der Waals surface area (Å²) in [6.45, 7) is 1.39. The molecule has 0 bridgehead atoms. The van der Waals surface area contributed by atoms with Gasteiger partial charge in [0.25, 0.3) is 5.91 Å². The van der Waals surface area contributed by atoms with Gasteiger partial charge in [0.2, 0.25) is 0 Å². The molecule has 2 amide bonds. The zero-order valence-corrected chi connectivity index (χ0v) is 19.3. The molecule has 0 saturated carbocycles. The number of nitrogens with one attached hydrogen (secondary N) is 1. The third-order valence-corrected chi connectivity index (χ3v) is 6.55. The molecule has 3 aromatic rings. The Hall–Kier alpha value is -3.52. The number of fused-ring (bicyclic) bond motifs is 1. The molecule has 0 aliphatic carbocycles. The number of ether oxygens (including phenoxy) is 1. The van der Waals surface area contributed by atoms with Gasteiger partial charge in [0, 0.05) is 47.7 Å². The highest BCUT2D eigenvalue weighted by molar-refractivity contribution is 7.17. The molecule has 4 rings (SSSR count). The topological polar surface area (TPSA) is 83.9 Å². The van der Waals surface area contributed by atoms with E-state index < -0.39 is 0 Å². The number of anilines is 1. The summed E-state index contributed by atoms with van der Waals surface area (Å²) in [6, 6.07) is 14.9. The van der Waals surface area contributed by atoms with Crippen molar-refractivity contribution in [3.05, 3.63) is 82.0 Å². The molecular weight excluding hydrogens is 436 g/mol. The van der Waals surface area contributed by atoms with Crippen molar-refractivity contribution in [3.63, 3.8) is 0 Å². The van der Waals surface area contributed by atoms with Gasteiger partial charge in [-0.3, -0.25) is 14.8 Å². The Morgan fingerprint density at radius 2 is 2.03 bits per heavy atom. The minimum Gasteiger partial charge on any atom is -0.449 e. The summed E-state index contributed by atoms with van der Waals surface area (Å²) >= 11 is 1.49. The molecule has 33 heavy (non-hydrogen) atoms. The van der Waals surface area contributed by atoms with Crippen molar-refractivity contribution in [2.45, 2.75) is 25.8 Å². The number of thiophene rings is 1. The minimum absolute atomic E-state index is 0.163. The average molecular weight is 463 g/mol. The maximum Gasteiger partial charge on any atom is 0.410 e. The zero-order valence-electron chi connectivity index (χ0n) is 18.5. The first-order valence-electron chi connectivity index (χ1n) is 10.9. The van der Waals surface area contributed by atoms with E-state index in [0.717, 1.165) is 39.5 Å². The molecule has 170 valence electrons. The molecule has 1 aromatic carbocycles. The summed E-state index contributed by atoms with van der Waals surface area (Å²) in [5, 5.41) is 3.77. The van der Waals surface area contributed by atoms with Crippen LogP contribution >= 0.6 is 11.3 Å². The maximum atomic E-state index is 12.7. The largest absolute Gasteiger partial charge is 0.449 e. The second-order valence-corrected chi connectivity index (χ2v) is 8.77. The van der Waals surface area contributed by atoms with Crippen LogP contribution in [0.4, 0.5) is 9.80 Å². The molecule has 1 N–H and O–H groups in total. The van der Waals surface area contributed by atoms with E-state index in [1.54, 1.807) is 36.5 Å². The highest BCUT2D eigenvalue weighted by atomic mass is 32.1. The number of aromatic nitrogens is 1. The van der Waals surface area contributed by atoms with E-state index in [0.29, 0.717) is 31.7 Å². The van der Waals surface area contributed by atoms with Crippen LogP contribution in [-0.4, -0.2) is 48.3 Å². The normalized spacial score (nSPS) is 13.1. The fourth-order valence-corrected chi connectivity index (χ4v) is 4.99. The summed E-state index contributed by atoms with van der Waals surface area (Å²) in [6.07, 6.45) is 5.43. The maximum absolute atomic E-state index is 12.7. The lowest BCUT2D eigenvalue weighted by molar-refractivity contribution is 0.0972. The van der Waals surface area contributed by atoms with Crippen LogP contribution < -0.4 is 5.32 Å². The number of hydrogen-bond donors (Lipinski definition) is 1. The summed E-state index contributed by atoms with van der Waals surface area (Å²) in [7, 11) is 1.71. The van der Waals surface area contributed by atoms with Crippen LogP contribution in [0.3, 0.4) is 0 Å². The third-order valence-electron chi connectivity index (χ3n) is 5.41. The number of nitrogens with zero attached hydrogens (tertiary/aromatic N) is 3. The van der Waals surface area contributed by atoms with E-state index in [-0.39, 0.29) is 12.0 Å². The first-order valence-corrected chi connectivity index (χ1v) is 11.7. The van der Waals surface area contributed by atoms with Gasteiger partial charge in [-0.25, -0.2) is 4.79 Å². The van der Waals surface area contributed by atoms with Crippen LogP contribution in [0.25, 0.3) is 0 Å². The van der Waals surface area contributed by atoms with E-state index in [2.05, 4.69) is 15.3 Å². The van der Waals surface area contributed by atoms with E-state index in [9.17, 15) is 9.59 Å². The first kappa shape index (κ1) is 22.7. The lowest BCUT2D eigenvalue weighted by atomic mass is 10.0. The van der Waals surface area contributed by atoms with Crippen LogP contribution in [0.15, 0.2) is 59.7 Å². The molecular formula is C25H26N4O3S. The second kappa shape index (κ2) is 10.9. The van der Waals surface area contributed by atoms with Crippen LogP contribution in [0.2, 0.25) is 0 Å². The highest BCUT2D eigenvalue weighted by Crippen LogP contribution is 2.36. The van der Waals surface area contributed by atoms with Crippen molar-refractivity contribution in [1.82, 2.24) is 9.88 Å². The predicted octanol–water partition coefficient (Wildman–Crippen LogP) is 4.57. The predicted molar refractivity (Wildman–Crippen MR) is 130 cm³/mol. The van der Waals surface area contributed by atoms with Gasteiger partial charge in [-0.05, 0) is 49.1 Å². The SMILES string of the molecule is CN=Cc1c(NC(=O)c2ccccc2)sc2c1CCN(C(=O)OCCCc1ccccn1)C2. The van der Waals surface area contributed by atoms with E-state index in [4.69, 9.17) is 4.74 Å². The number of benzene rings is 1. The number of aliphatic imine (C=N–C) groups is 1. The molecule has 2 aromatic heterocycles. The van der Waals surface area contributed by atoms with Crippen LogP contribution in [0, 0.1) is 0 Å². The molecule has 0 spiro atoms. The lowest BCUT2D eigenvalue weighted by Crippen LogP contribution is -2.36. The molecule has 8 heteroatoms. The van der Waals surface area contributed by atoms with Crippen molar-refractivity contribution < 1.29 is 14.3 Å². The molecule has 0 atom stereocenters. The van der Waals surface area contributed by atoms with Crippen molar-refractivity contribution >= 4 is 34.6 Å². The number of hydrogen-bond acceptors (Lipinski definition) is 6. The first-order chi connectivity index (χ1) is 16.2. The molecule has 0 radical (unpaired) electrons. The van der Waals surface area contributed by atoms with Gasteiger partial charge in [-0.15, -0.1) is 11.3 Å². The summed E-state index contributed by atoms with van der Waals surface area (Å²) in [4.78, 5) is 36.5. The van der Waals surface area contributed by atoms with Crippen LogP contribution in [-0.2, 0) is 24.1 Å². The fourth-order valence-electron chi connectivity index (χ4n) is 3.76. The van der Waals surface area contributed by atoms with Gasteiger partial charge in [0.15, 0.2) is 0 Å². The Labute approximate surface area is 197 Å². The summed E-state index contributed by atoms with van der Waals surface area (Å²) in [5.74, 6) is -0.163. The fraction of sp³-hybridized carbons (Fsp3) is 0.280. The van der Waals surface area contributed by atoms with Gasteiger partial charge in [0.05, 0.1) is 13.2 Å². The van der Waals surface area contributed by atoms with Crippen molar-refractivity contribution in [3.8, 4) is 0 Å². The Morgan fingerprint density at radius 1 is 1.21 bits per heavy atom. The van der Waals surface area contributed by atoms with Crippen LogP contribution in [0.1, 0.15) is 38.5 Å². The van der Waals surface area contributed by atoms with E-state index >= 15 is 0 Å². The van der Waals surface area contributed by atoms with Gasteiger partial charge in [0.1, 0.15) is 5.00 Å². The smallest absolute Gasteiger partial charge is 0.410 e. The quantitative estimate of drug-likeness (QED) is 0.412. The van der Waals surface area contributed by atoms with Crippen molar-refractivity contribution in [2.24, 2.45) is 4.99 Å². The Morgan fingerprint density at radius 3 is 2.79 bits per heavy atom. The minimum atomic E-state index is -0.310. The Kier molecular flexibility index (Phi) is 7.47. The highest BCUT2D eigenvalue weighted by Gasteiger charge is 2.27. The Balaban J connectivity index is 1.38. The van der Waals surface area contributed by atoms with Crippen molar-refractivity contribution in [1.29, 1.82) is 0 Å². The van der Waals surface area contributed by atoms with Gasteiger partial charge in [-0.1, -0.05) is 24.3 Å².